The lowest BCUT2D eigenvalue weighted by Gasteiger charge is -2.11. The molecule has 2 aromatic heterocycles. The van der Waals surface area contributed by atoms with Gasteiger partial charge in [0.25, 0.3) is 11.8 Å². The first-order valence-corrected chi connectivity index (χ1v) is 9.78. The lowest BCUT2D eigenvalue weighted by atomic mass is 10.1. The highest BCUT2D eigenvalue weighted by Crippen LogP contribution is 2.33. The molecule has 0 fully saturated rings. The number of pyridine rings is 1. The number of nitrogens with one attached hydrogen (secondary N) is 3. The summed E-state index contributed by atoms with van der Waals surface area (Å²) >= 11 is 0. The number of carbonyl (C=O) groups excluding carboxylic acids is 2. The Balaban J connectivity index is 1.58. The van der Waals surface area contributed by atoms with Gasteiger partial charge in [0.2, 0.25) is 0 Å². The number of benzene rings is 2. The van der Waals surface area contributed by atoms with Gasteiger partial charge in [-0.3, -0.25) is 19.7 Å². The van der Waals surface area contributed by atoms with Crippen molar-refractivity contribution < 1.29 is 36.3 Å². The molecule has 0 saturated carbocycles. The molecule has 2 aromatic carbocycles. The Bertz CT molecular complexity index is 1450. The number of amides is 2. The Morgan fingerprint density at radius 2 is 1.77 bits per heavy atom. The van der Waals surface area contributed by atoms with Crippen LogP contribution in [0.4, 0.5) is 27.6 Å². The van der Waals surface area contributed by atoms with E-state index in [0.717, 1.165) is 18.2 Å². The second kappa shape index (κ2) is 9.00. The Morgan fingerprint density at radius 1 is 1.00 bits per heavy atom. The molecule has 0 spiro atoms. The fourth-order valence-corrected chi connectivity index (χ4v) is 3.10. The van der Waals surface area contributed by atoms with E-state index in [9.17, 15) is 31.5 Å². The van der Waals surface area contributed by atoms with Crippen LogP contribution >= 0.6 is 0 Å². The fourth-order valence-electron chi connectivity index (χ4n) is 3.10. The summed E-state index contributed by atoms with van der Waals surface area (Å²) in [6, 6.07) is 6.47. The number of rotatable bonds is 5. The monoisotopic (exact) mass is 491 g/mol. The number of aromatic amines is 1. The van der Waals surface area contributed by atoms with Gasteiger partial charge in [-0.1, -0.05) is 0 Å². The average Bonchev–Trinajstić information content (AvgIpc) is 3.25. The molecule has 0 atom stereocenters. The summed E-state index contributed by atoms with van der Waals surface area (Å²) in [5, 5.41) is 10.4. The van der Waals surface area contributed by atoms with E-state index in [-0.39, 0.29) is 22.3 Å². The van der Waals surface area contributed by atoms with Crippen LogP contribution in [-0.4, -0.2) is 34.0 Å². The van der Waals surface area contributed by atoms with Crippen molar-refractivity contribution >= 4 is 28.4 Å². The van der Waals surface area contributed by atoms with Gasteiger partial charge in [-0.25, -0.2) is 8.78 Å². The predicted molar refractivity (Wildman–Crippen MR) is 113 cm³/mol. The predicted octanol–water partition coefficient (Wildman–Crippen LogP) is 4.66. The fraction of sp³-hybridized carbons (Fsp3) is 0.0909. The number of halogens is 5. The van der Waals surface area contributed by atoms with E-state index in [1.165, 1.54) is 25.4 Å². The smallest absolute Gasteiger partial charge is 0.416 e. The van der Waals surface area contributed by atoms with E-state index in [4.69, 9.17) is 4.74 Å². The number of anilines is 1. The van der Waals surface area contributed by atoms with Crippen molar-refractivity contribution in [3.05, 3.63) is 77.2 Å². The lowest BCUT2D eigenvalue weighted by molar-refractivity contribution is -0.137. The zero-order valence-electron chi connectivity index (χ0n) is 17.6. The van der Waals surface area contributed by atoms with Gasteiger partial charge in [-0.15, -0.1) is 0 Å². The first-order valence-electron chi connectivity index (χ1n) is 9.78. The molecular formula is C22H14F5N5O3. The minimum absolute atomic E-state index is 0.00264. The molecule has 0 aliphatic carbocycles. The van der Waals surface area contributed by atoms with Crippen molar-refractivity contribution in [2.45, 2.75) is 6.18 Å². The van der Waals surface area contributed by atoms with Gasteiger partial charge in [0.15, 0.2) is 23.1 Å². The maximum Gasteiger partial charge on any atom is 0.416 e. The minimum atomic E-state index is -4.65. The zero-order chi connectivity index (χ0) is 25.3. The van der Waals surface area contributed by atoms with Gasteiger partial charge in [-0.05, 0) is 24.3 Å². The molecule has 4 aromatic rings. The van der Waals surface area contributed by atoms with E-state index in [1.54, 1.807) is 0 Å². The molecule has 0 unspecified atom stereocenters. The van der Waals surface area contributed by atoms with E-state index < -0.39 is 52.3 Å². The van der Waals surface area contributed by atoms with Crippen LogP contribution in [0.25, 0.3) is 10.9 Å². The summed E-state index contributed by atoms with van der Waals surface area (Å²) in [5.74, 6) is -4.29. The number of aromatic nitrogens is 3. The number of hydrogen-bond donors (Lipinski definition) is 3. The second-order valence-electron chi connectivity index (χ2n) is 7.10. The van der Waals surface area contributed by atoms with E-state index in [0.29, 0.717) is 12.1 Å². The van der Waals surface area contributed by atoms with Gasteiger partial charge in [0, 0.05) is 36.8 Å². The maximum absolute atomic E-state index is 14.6. The number of carbonyl (C=O) groups is 2. The Labute approximate surface area is 193 Å². The highest BCUT2D eigenvalue weighted by Gasteiger charge is 2.31. The van der Waals surface area contributed by atoms with Crippen molar-refractivity contribution in [1.82, 2.24) is 20.5 Å². The van der Waals surface area contributed by atoms with Gasteiger partial charge < -0.3 is 15.4 Å². The molecule has 0 aliphatic rings. The van der Waals surface area contributed by atoms with Gasteiger partial charge in [0.05, 0.1) is 16.8 Å². The van der Waals surface area contributed by atoms with Crippen molar-refractivity contribution in [2.75, 3.05) is 12.4 Å². The third-order valence-electron chi connectivity index (χ3n) is 4.79. The van der Waals surface area contributed by atoms with E-state index in [1.807, 2.05) is 0 Å². The molecule has 2 heterocycles. The number of alkyl halides is 3. The zero-order valence-corrected chi connectivity index (χ0v) is 17.6. The highest BCUT2D eigenvalue weighted by atomic mass is 19.4. The van der Waals surface area contributed by atoms with Crippen LogP contribution < -0.4 is 15.4 Å². The van der Waals surface area contributed by atoms with Gasteiger partial charge in [-0.2, -0.15) is 18.3 Å². The summed E-state index contributed by atoms with van der Waals surface area (Å²) in [4.78, 5) is 28.1. The number of ether oxygens (including phenoxy) is 1. The third-order valence-corrected chi connectivity index (χ3v) is 4.79. The summed E-state index contributed by atoms with van der Waals surface area (Å²) < 4.78 is 73.5. The standard InChI is InChI=1S/C22H14F5N5O3/c1-28-20(33)17-7-11(4-5-29-17)35-18-9-13(23)16(8-14(18)24)30-21(34)19-12-6-10(22(25,26)27)2-3-15(12)31-32-19/h2-9H,1H3,(H,28,33)(H,30,34)(H,31,32). The van der Waals surface area contributed by atoms with Crippen LogP contribution in [0.1, 0.15) is 26.5 Å². The van der Waals surface area contributed by atoms with Crippen LogP contribution in [0.5, 0.6) is 11.5 Å². The second-order valence-corrected chi connectivity index (χ2v) is 7.10. The Morgan fingerprint density at radius 3 is 2.49 bits per heavy atom. The summed E-state index contributed by atoms with van der Waals surface area (Å²) in [5.41, 5.74) is -1.91. The molecule has 0 bridgehead atoms. The molecular weight excluding hydrogens is 477 g/mol. The van der Waals surface area contributed by atoms with Crippen molar-refractivity contribution in [3.63, 3.8) is 0 Å². The normalized spacial score (nSPS) is 11.4. The number of nitrogens with zero attached hydrogens (tertiary/aromatic N) is 2. The van der Waals surface area contributed by atoms with E-state index >= 15 is 0 Å². The quantitative estimate of drug-likeness (QED) is 0.352. The highest BCUT2D eigenvalue weighted by molar-refractivity contribution is 6.11. The molecule has 0 saturated heterocycles. The van der Waals surface area contributed by atoms with Gasteiger partial charge >= 0.3 is 6.18 Å². The summed E-state index contributed by atoms with van der Waals surface area (Å²) in [6.45, 7) is 0. The Hall–Kier alpha value is -4.55. The summed E-state index contributed by atoms with van der Waals surface area (Å²) in [7, 11) is 1.39. The lowest BCUT2D eigenvalue weighted by Crippen LogP contribution is -2.19. The maximum atomic E-state index is 14.6. The SMILES string of the molecule is CNC(=O)c1cc(Oc2cc(F)c(NC(=O)c3n[nH]c4ccc(C(F)(F)F)cc34)cc2F)ccn1. The average molecular weight is 491 g/mol. The van der Waals surface area contributed by atoms with Gasteiger partial charge in [0.1, 0.15) is 11.4 Å². The van der Waals surface area contributed by atoms with Crippen LogP contribution in [0.2, 0.25) is 0 Å². The molecule has 4 rings (SSSR count). The first kappa shape index (κ1) is 23.6. The first-order chi connectivity index (χ1) is 16.6. The molecule has 2 amide bonds. The number of hydrogen-bond acceptors (Lipinski definition) is 5. The van der Waals surface area contributed by atoms with Crippen LogP contribution in [-0.2, 0) is 6.18 Å². The van der Waals surface area contributed by atoms with Crippen LogP contribution in [0, 0.1) is 11.6 Å². The van der Waals surface area contributed by atoms with Crippen molar-refractivity contribution in [2.24, 2.45) is 0 Å². The summed E-state index contributed by atoms with van der Waals surface area (Å²) in [6.07, 6.45) is -3.42. The van der Waals surface area contributed by atoms with Crippen LogP contribution in [0.15, 0.2) is 48.7 Å². The molecule has 180 valence electrons. The Kier molecular flexibility index (Phi) is 6.07. The topological polar surface area (TPSA) is 109 Å². The molecule has 35 heavy (non-hydrogen) atoms. The molecule has 3 N–H and O–H groups in total. The number of fused-ring (bicyclic) bond motifs is 1. The third kappa shape index (κ3) is 4.88. The van der Waals surface area contributed by atoms with Crippen molar-refractivity contribution in [3.8, 4) is 11.5 Å². The number of H-pyrrole nitrogens is 1. The molecule has 0 aliphatic heterocycles. The van der Waals surface area contributed by atoms with Crippen LogP contribution in [0.3, 0.4) is 0 Å². The molecule has 13 heteroatoms. The largest absolute Gasteiger partial charge is 0.454 e. The molecule has 0 radical (unpaired) electrons. The van der Waals surface area contributed by atoms with E-state index in [2.05, 4.69) is 25.8 Å². The minimum Gasteiger partial charge on any atom is -0.454 e. The van der Waals surface area contributed by atoms with Crippen molar-refractivity contribution in [1.29, 1.82) is 0 Å². The molecule has 8 nitrogen and oxygen atoms in total.